The number of aromatic nitrogens is 1. The summed E-state index contributed by atoms with van der Waals surface area (Å²) in [6.45, 7) is 1.45. The first-order chi connectivity index (χ1) is 13.5. The first-order valence-electron chi connectivity index (χ1n) is 8.83. The molecule has 3 aromatic carbocycles. The van der Waals surface area contributed by atoms with Crippen LogP contribution in [0.4, 0.5) is 11.4 Å². The van der Waals surface area contributed by atoms with Crippen LogP contribution in [-0.4, -0.2) is 10.8 Å². The molecule has 1 amide bonds. The summed E-state index contributed by atoms with van der Waals surface area (Å²) < 4.78 is 1.97. The van der Waals surface area contributed by atoms with E-state index >= 15 is 0 Å². The lowest BCUT2D eigenvalue weighted by molar-refractivity contribution is -0.632. The number of carbonyl (C=O) groups is 1. The molecule has 0 saturated carbocycles. The van der Waals surface area contributed by atoms with Crippen molar-refractivity contribution in [1.29, 1.82) is 0 Å². The predicted molar refractivity (Wildman–Crippen MR) is 109 cm³/mol. The highest BCUT2D eigenvalue weighted by Crippen LogP contribution is 2.36. The quantitative estimate of drug-likeness (QED) is 0.251. The van der Waals surface area contributed by atoms with E-state index in [1.54, 1.807) is 18.2 Å². The van der Waals surface area contributed by atoms with E-state index < -0.39 is 0 Å². The number of anilines is 1. The molecule has 0 bridgehead atoms. The first kappa shape index (κ1) is 17.6. The SMILES string of the molecule is CC(=O)Nc1ccc2c(c1)c(-c1ccccc1[N+](=O)[O-])[n+](C)c1ccccc21. The van der Waals surface area contributed by atoms with Crippen molar-refractivity contribution < 1.29 is 14.3 Å². The van der Waals surface area contributed by atoms with Crippen LogP contribution in [0.5, 0.6) is 0 Å². The predicted octanol–water partition coefficient (Wildman–Crippen LogP) is 4.35. The fourth-order valence-electron chi connectivity index (χ4n) is 3.71. The zero-order valence-corrected chi connectivity index (χ0v) is 15.5. The Morgan fingerprint density at radius 1 is 0.964 bits per heavy atom. The summed E-state index contributed by atoms with van der Waals surface area (Å²) in [5.74, 6) is -0.170. The van der Waals surface area contributed by atoms with Crippen molar-refractivity contribution in [2.75, 3.05) is 5.32 Å². The molecule has 138 valence electrons. The van der Waals surface area contributed by atoms with Gasteiger partial charge in [-0.15, -0.1) is 0 Å². The molecule has 1 heterocycles. The second kappa shape index (κ2) is 6.74. The molecule has 4 rings (SSSR count). The van der Waals surface area contributed by atoms with Gasteiger partial charge in [-0.25, -0.2) is 0 Å². The Morgan fingerprint density at radius 2 is 1.68 bits per heavy atom. The number of amides is 1. The molecule has 0 atom stereocenters. The maximum Gasteiger partial charge on any atom is 0.283 e. The smallest absolute Gasteiger partial charge is 0.283 e. The Morgan fingerprint density at radius 3 is 2.43 bits per heavy atom. The Hall–Kier alpha value is -3.80. The minimum absolute atomic E-state index is 0.0413. The average molecular weight is 372 g/mol. The topological polar surface area (TPSA) is 76.1 Å². The van der Waals surface area contributed by atoms with Crippen LogP contribution in [0.1, 0.15) is 6.92 Å². The van der Waals surface area contributed by atoms with Gasteiger partial charge in [-0.05, 0) is 24.3 Å². The molecule has 0 radical (unpaired) electrons. The molecule has 1 aromatic heterocycles. The van der Waals surface area contributed by atoms with Crippen molar-refractivity contribution in [1.82, 2.24) is 0 Å². The average Bonchev–Trinajstić information content (AvgIpc) is 2.68. The fraction of sp³-hybridized carbons (Fsp3) is 0.0909. The Bertz CT molecular complexity index is 1260. The fourth-order valence-corrected chi connectivity index (χ4v) is 3.71. The van der Waals surface area contributed by atoms with Crippen LogP contribution in [0.2, 0.25) is 0 Å². The second-order valence-corrected chi connectivity index (χ2v) is 6.64. The number of para-hydroxylation sites is 2. The van der Waals surface area contributed by atoms with Gasteiger partial charge >= 0.3 is 0 Å². The minimum Gasteiger partial charge on any atom is -0.326 e. The van der Waals surface area contributed by atoms with Crippen LogP contribution in [0.3, 0.4) is 0 Å². The van der Waals surface area contributed by atoms with E-state index in [9.17, 15) is 14.9 Å². The second-order valence-electron chi connectivity index (χ2n) is 6.64. The number of carbonyl (C=O) groups excluding carboxylic acids is 1. The standard InChI is InChI=1S/C22H17N3O3/c1-14(26)23-15-11-12-16-17-7-3-5-9-20(17)24(2)22(19(16)13-15)18-8-4-6-10-21(18)25(27)28/h3-13H,1-2H3/p+1. The summed E-state index contributed by atoms with van der Waals surface area (Å²) >= 11 is 0. The molecule has 0 aliphatic carbocycles. The molecule has 0 aliphatic rings. The molecule has 28 heavy (non-hydrogen) atoms. The van der Waals surface area contributed by atoms with Gasteiger partial charge in [-0.3, -0.25) is 14.9 Å². The van der Waals surface area contributed by atoms with Crippen molar-refractivity contribution in [3.05, 3.63) is 76.8 Å². The largest absolute Gasteiger partial charge is 0.326 e. The van der Waals surface area contributed by atoms with E-state index in [0.717, 1.165) is 27.4 Å². The number of rotatable bonds is 3. The van der Waals surface area contributed by atoms with Crippen molar-refractivity contribution in [2.24, 2.45) is 7.05 Å². The molecule has 0 fully saturated rings. The Labute approximate surface area is 161 Å². The zero-order valence-electron chi connectivity index (χ0n) is 15.5. The number of nitro benzene ring substituents is 1. The van der Waals surface area contributed by atoms with Crippen LogP contribution in [-0.2, 0) is 11.8 Å². The van der Waals surface area contributed by atoms with E-state index in [2.05, 4.69) is 5.32 Å². The normalized spacial score (nSPS) is 10.9. The molecule has 0 spiro atoms. The van der Waals surface area contributed by atoms with Gasteiger partial charge in [0.15, 0.2) is 0 Å². The maximum atomic E-state index is 11.7. The lowest BCUT2D eigenvalue weighted by atomic mass is 9.97. The maximum absolute atomic E-state index is 11.7. The van der Waals surface area contributed by atoms with Gasteiger partial charge in [0.2, 0.25) is 17.1 Å². The van der Waals surface area contributed by atoms with Crippen LogP contribution in [0.25, 0.3) is 32.9 Å². The third-order valence-electron chi connectivity index (χ3n) is 4.84. The van der Waals surface area contributed by atoms with Crippen LogP contribution < -0.4 is 9.88 Å². The number of nitrogens with one attached hydrogen (secondary N) is 1. The number of hydrogen-bond acceptors (Lipinski definition) is 3. The number of hydrogen-bond donors (Lipinski definition) is 1. The molecule has 4 aromatic rings. The van der Waals surface area contributed by atoms with Crippen LogP contribution in [0.15, 0.2) is 66.7 Å². The van der Waals surface area contributed by atoms with E-state index in [1.807, 2.05) is 54.1 Å². The third kappa shape index (κ3) is 2.85. The highest BCUT2D eigenvalue weighted by atomic mass is 16.6. The monoisotopic (exact) mass is 372 g/mol. The number of aryl methyl sites for hydroxylation is 1. The van der Waals surface area contributed by atoms with Gasteiger partial charge in [0.05, 0.1) is 15.7 Å². The molecule has 0 aliphatic heterocycles. The number of pyridine rings is 1. The summed E-state index contributed by atoms with van der Waals surface area (Å²) in [5.41, 5.74) is 2.92. The van der Waals surface area contributed by atoms with E-state index in [0.29, 0.717) is 11.3 Å². The van der Waals surface area contributed by atoms with Crippen LogP contribution >= 0.6 is 0 Å². The van der Waals surface area contributed by atoms with Crippen LogP contribution in [0, 0.1) is 10.1 Å². The first-order valence-corrected chi connectivity index (χ1v) is 8.83. The summed E-state index contributed by atoms with van der Waals surface area (Å²) in [6.07, 6.45) is 0. The van der Waals surface area contributed by atoms with Gasteiger partial charge in [0.1, 0.15) is 12.6 Å². The summed E-state index contributed by atoms with van der Waals surface area (Å²) in [6, 6.07) is 20.3. The van der Waals surface area contributed by atoms with Crippen molar-refractivity contribution in [3.63, 3.8) is 0 Å². The molecule has 0 saturated heterocycles. The molecule has 1 N–H and O–H groups in total. The third-order valence-corrected chi connectivity index (χ3v) is 4.84. The van der Waals surface area contributed by atoms with Gasteiger partial charge in [0, 0.05) is 30.1 Å². The van der Waals surface area contributed by atoms with E-state index in [4.69, 9.17) is 0 Å². The van der Waals surface area contributed by atoms with E-state index in [-0.39, 0.29) is 16.5 Å². The van der Waals surface area contributed by atoms with Gasteiger partial charge in [-0.2, -0.15) is 4.57 Å². The van der Waals surface area contributed by atoms with Gasteiger partial charge in [-0.1, -0.05) is 30.3 Å². The zero-order chi connectivity index (χ0) is 19.8. The van der Waals surface area contributed by atoms with Crippen molar-refractivity contribution in [3.8, 4) is 11.3 Å². The highest BCUT2D eigenvalue weighted by molar-refractivity contribution is 6.10. The highest BCUT2D eigenvalue weighted by Gasteiger charge is 2.26. The summed E-state index contributed by atoms with van der Waals surface area (Å²) in [4.78, 5) is 22.8. The molecule has 6 heteroatoms. The molecular formula is C22H18N3O3+. The van der Waals surface area contributed by atoms with Crippen molar-refractivity contribution >= 4 is 39.0 Å². The molecule has 6 nitrogen and oxygen atoms in total. The Kier molecular flexibility index (Phi) is 4.24. The lowest BCUT2D eigenvalue weighted by Gasteiger charge is -2.11. The summed E-state index contributed by atoms with van der Waals surface area (Å²) in [7, 11) is 1.90. The number of nitrogens with zero attached hydrogens (tertiary/aromatic N) is 2. The van der Waals surface area contributed by atoms with Crippen molar-refractivity contribution in [2.45, 2.75) is 6.92 Å². The lowest BCUT2D eigenvalue weighted by Crippen LogP contribution is -2.32. The molecular weight excluding hydrogens is 354 g/mol. The number of nitro groups is 1. The Balaban J connectivity index is 2.18. The number of benzene rings is 3. The number of fused-ring (bicyclic) bond motifs is 3. The van der Waals surface area contributed by atoms with Gasteiger partial charge < -0.3 is 5.32 Å². The van der Waals surface area contributed by atoms with Gasteiger partial charge in [0.25, 0.3) is 5.69 Å². The molecule has 0 unspecified atom stereocenters. The minimum atomic E-state index is -0.367. The summed E-state index contributed by atoms with van der Waals surface area (Å²) in [5, 5.41) is 17.3. The van der Waals surface area contributed by atoms with E-state index in [1.165, 1.54) is 13.0 Å².